The Bertz CT molecular complexity index is 845. The summed E-state index contributed by atoms with van der Waals surface area (Å²) in [4.78, 5) is 12.4. The molecule has 0 aliphatic carbocycles. The molecule has 0 heterocycles. The minimum Gasteiger partial charge on any atom is -0.339 e. The highest BCUT2D eigenvalue weighted by Crippen LogP contribution is 2.30. The first kappa shape index (κ1) is 23.1. The summed E-state index contributed by atoms with van der Waals surface area (Å²) in [7, 11) is 0. The van der Waals surface area contributed by atoms with Crippen molar-refractivity contribution in [2.45, 2.75) is 9.96 Å². The van der Waals surface area contributed by atoms with Gasteiger partial charge in [0, 0.05) is 14.2 Å². The highest BCUT2D eigenvalue weighted by Gasteiger charge is 2.35. The van der Waals surface area contributed by atoms with Gasteiger partial charge in [-0.3, -0.25) is 4.79 Å². The lowest BCUT2D eigenvalue weighted by Gasteiger charge is -2.28. The second-order valence-corrected chi connectivity index (χ2v) is 10.0. The molecule has 0 fully saturated rings. The van der Waals surface area contributed by atoms with Crippen LogP contribution in [0, 0.1) is 3.57 Å². The monoisotopic (exact) mass is 595 g/mol. The van der Waals surface area contributed by atoms with Crippen molar-refractivity contribution in [3.63, 3.8) is 0 Å². The molecule has 0 saturated heterocycles. The quantitative estimate of drug-likeness (QED) is 0.175. The summed E-state index contributed by atoms with van der Waals surface area (Å²) in [5, 5.41) is 9.16. The van der Waals surface area contributed by atoms with E-state index in [2.05, 4.69) is 38.5 Å². The number of thiocarbonyl (C=S) groups is 1. The third kappa shape index (κ3) is 7.27. The van der Waals surface area contributed by atoms with Crippen molar-refractivity contribution in [1.82, 2.24) is 10.6 Å². The van der Waals surface area contributed by atoms with E-state index < -0.39 is 15.9 Å². The van der Waals surface area contributed by atoms with Gasteiger partial charge >= 0.3 is 0 Å². The van der Waals surface area contributed by atoms with Gasteiger partial charge in [-0.1, -0.05) is 58.0 Å². The van der Waals surface area contributed by atoms with Crippen LogP contribution in [-0.2, 0) is 0 Å². The first-order valence-corrected chi connectivity index (χ1v) is 10.6. The van der Waals surface area contributed by atoms with Crippen LogP contribution < -0.4 is 16.0 Å². The first-order chi connectivity index (χ1) is 12.6. The maximum Gasteiger partial charge on any atom is 0.252 e. The number of hydrogen-bond acceptors (Lipinski definition) is 2. The third-order valence-corrected chi connectivity index (χ3v) is 5.31. The van der Waals surface area contributed by atoms with Crippen molar-refractivity contribution in [3.8, 4) is 0 Å². The molecule has 3 N–H and O–H groups in total. The normalized spacial score (nSPS) is 12.2. The standard InChI is InChI=1S/C16H11Cl5IN3OS/c17-9-3-6-12(11(18)7-9)23-15(27)25-14(16(19,20)21)24-13(26)8-1-4-10(22)5-2-8/h1-7,14H,(H,24,26)(H2,23,25,27). The molecule has 11 heteroatoms. The van der Waals surface area contributed by atoms with Crippen LogP contribution in [0.15, 0.2) is 42.5 Å². The van der Waals surface area contributed by atoms with Gasteiger partial charge in [0.05, 0.1) is 10.7 Å². The van der Waals surface area contributed by atoms with Crippen LogP contribution in [0.2, 0.25) is 10.0 Å². The molecular formula is C16H11Cl5IN3OS. The van der Waals surface area contributed by atoms with Crippen LogP contribution in [0.4, 0.5) is 5.69 Å². The molecule has 0 bridgehead atoms. The Kier molecular flexibility index (Phi) is 8.54. The Hall–Kier alpha value is -0.220. The Morgan fingerprint density at radius 3 is 2.22 bits per heavy atom. The van der Waals surface area contributed by atoms with Gasteiger partial charge in [-0.25, -0.2) is 0 Å². The zero-order chi connectivity index (χ0) is 20.2. The number of nitrogens with one attached hydrogen (secondary N) is 3. The third-order valence-electron chi connectivity index (χ3n) is 3.16. The van der Waals surface area contributed by atoms with Crippen LogP contribution in [0.1, 0.15) is 10.4 Å². The van der Waals surface area contributed by atoms with Crippen molar-refractivity contribution < 1.29 is 4.79 Å². The molecule has 0 aliphatic heterocycles. The summed E-state index contributed by atoms with van der Waals surface area (Å²) in [5.74, 6) is -0.428. The van der Waals surface area contributed by atoms with Gasteiger partial charge < -0.3 is 16.0 Å². The van der Waals surface area contributed by atoms with Crippen LogP contribution in [0.5, 0.6) is 0 Å². The van der Waals surface area contributed by atoms with Gasteiger partial charge in [0.2, 0.25) is 3.79 Å². The molecule has 4 nitrogen and oxygen atoms in total. The molecular weight excluding hydrogens is 586 g/mol. The summed E-state index contributed by atoms with van der Waals surface area (Å²) in [6, 6.07) is 11.8. The Labute approximate surface area is 200 Å². The average Bonchev–Trinajstić information content (AvgIpc) is 2.56. The summed E-state index contributed by atoms with van der Waals surface area (Å²) < 4.78 is -0.876. The van der Waals surface area contributed by atoms with Crippen LogP contribution in [0.25, 0.3) is 0 Å². The molecule has 2 aromatic carbocycles. The zero-order valence-electron chi connectivity index (χ0n) is 13.2. The molecule has 1 amide bonds. The number of anilines is 1. The maximum atomic E-state index is 12.4. The fourth-order valence-electron chi connectivity index (χ4n) is 1.90. The van der Waals surface area contributed by atoms with Gasteiger partial charge in [0.15, 0.2) is 5.11 Å². The van der Waals surface area contributed by atoms with E-state index in [0.717, 1.165) is 3.57 Å². The average molecular weight is 598 g/mol. The molecule has 0 radical (unpaired) electrons. The second-order valence-electron chi connectivity index (χ2n) is 5.18. The van der Waals surface area contributed by atoms with Crippen molar-refractivity contribution in [1.29, 1.82) is 0 Å². The number of hydrogen-bond donors (Lipinski definition) is 3. The Balaban J connectivity index is 2.08. The van der Waals surface area contributed by atoms with Gasteiger partial charge in [0.25, 0.3) is 5.91 Å². The molecule has 0 aromatic heterocycles. The van der Waals surface area contributed by atoms with Gasteiger partial charge in [0.1, 0.15) is 6.17 Å². The summed E-state index contributed by atoms with van der Waals surface area (Å²) >= 11 is 37.2. The van der Waals surface area contributed by atoms with E-state index in [-0.39, 0.29) is 5.11 Å². The fraction of sp³-hybridized carbons (Fsp3) is 0.125. The number of carbonyl (C=O) groups is 1. The minimum absolute atomic E-state index is 0.0958. The number of rotatable bonds is 4. The van der Waals surface area contributed by atoms with Gasteiger partial charge in [-0.15, -0.1) is 0 Å². The predicted molar refractivity (Wildman–Crippen MR) is 127 cm³/mol. The molecule has 2 rings (SSSR count). The number of amides is 1. The molecule has 0 saturated carbocycles. The van der Waals surface area contributed by atoms with Crippen molar-refractivity contribution in [2.75, 3.05) is 5.32 Å². The summed E-state index contributed by atoms with van der Waals surface area (Å²) in [6.45, 7) is 0. The predicted octanol–water partition coefficient (Wildman–Crippen LogP) is 6.01. The summed E-state index contributed by atoms with van der Waals surface area (Å²) in [5.41, 5.74) is 0.918. The van der Waals surface area contributed by atoms with E-state index in [1.165, 1.54) is 0 Å². The molecule has 1 atom stereocenters. The molecule has 0 aliphatic rings. The molecule has 1 unspecified atom stereocenters. The van der Waals surface area contributed by atoms with Crippen LogP contribution in [-0.4, -0.2) is 21.0 Å². The largest absolute Gasteiger partial charge is 0.339 e. The lowest BCUT2D eigenvalue weighted by Crippen LogP contribution is -2.56. The van der Waals surface area contributed by atoms with Crippen LogP contribution in [0.3, 0.4) is 0 Å². The molecule has 0 spiro atoms. The van der Waals surface area contributed by atoms with Gasteiger partial charge in [-0.05, 0) is 77.3 Å². The number of halogens is 6. The Morgan fingerprint density at radius 2 is 1.67 bits per heavy atom. The van der Waals surface area contributed by atoms with E-state index in [1.54, 1.807) is 42.5 Å². The SMILES string of the molecule is O=C(NC(NC(=S)Nc1ccc(Cl)cc1Cl)C(Cl)(Cl)Cl)c1ccc(I)cc1. The van der Waals surface area contributed by atoms with E-state index in [4.69, 9.17) is 70.2 Å². The number of carbonyl (C=O) groups excluding carboxylic acids is 1. The smallest absolute Gasteiger partial charge is 0.252 e. The molecule has 2 aromatic rings. The topological polar surface area (TPSA) is 53.2 Å². The van der Waals surface area contributed by atoms with E-state index in [0.29, 0.717) is 21.3 Å². The van der Waals surface area contributed by atoms with Gasteiger partial charge in [-0.2, -0.15) is 0 Å². The van der Waals surface area contributed by atoms with Crippen LogP contribution >= 0.6 is 92.8 Å². The van der Waals surface area contributed by atoms with Crippen molar-refractivity contribution in [3.05, 3.63) is 61.6 Å². The highest BCUT2D eigenvalue weighted by atomic mass is 127. The first-order valence-electron chi connectivity index (χ1n) is 7.22. The van der Waals surface area contributed by atoms with Crippen molar-refractivity contribution >= 4 is 110 Å². The summed E-state index contributed by atoms with van der Waals surface area (Å²) in [6.07, 6.45) is -1.10. The maximum absolute atomic E-state index is 12.4. The Morgan fingerprint density at radius 1 is 1.04 bits per heavy atom. The molecule has 27 heavy (non-hydrogen) atoms. The molecule has 144 valence electrons. The van der Waals surface area contributed by atoms with Crippen molar-refractivity contribution in [2.24, 2.45) is 0 Å². The fourth-order valence-corrected chi connectivity index (χ4v) is 3.27. The van der Waals surface area contributed by atoms with E-state index in [1.807, 2.05) is 0 Å². The second kappa shape index (κ2) is 10.0. The zero-order valence-corrected chi connectivity index (χ0v) is 20.0. The van der Waals surface area contributed by atoms with E-state index in [9.17, 15) is 4.79 Å². The number of alkyl halides is 3. The lowest BCUT2D eigenvalue weighted by molar-refractivity contribution is 0.0934. The van der Waals surface area contributed by atoms with E-state index >= 15 is 0 Å². The minimum atomic E-state index is -1.87. The highest BCUT2D eigenvalue weighted by molar-refractivity contribution is 14.1. The number of benzene rings is 2. The lowest BCUT2D eigenvalue weighted by atomic mass is 10.2.